The Hall–Kier alpha value is -3.45. The summed E-state index contributed by atoms with van der Waals surface area (Å²) < 4.78 is 42.5. The lowest BCUT2D eigenvalue weighted by Gasteiger charge is -2.06. The highest BCUT2D eigenvalue weighted by Crippen LogP contribution is 2.35. The third-order valence-electron chi connectivity index (χ3n) is 5.09. The number of nitrogens with zero attached hydrogens (tertiary/aromatic N) is 2. The Labute approximate surface area is 166 Å². The minimum Gasteiger partial charge on any atom is -0.291 e. The average Bonchev–Trinajstić information content (AvgIpc) is 3.30. The maximum atomic E-state index is 15.4. The monoisotopic (exact) mass is 405 g/mol. The minimum absolute atomic E-state index is 0.149. The summed E-state index contributed by atoms with van der Waals surface area (Å²) in [7, 11) is -3.84. The molecular formula is C22H16FN3O2S. The van der Waals surface area contributed by atoms with Gasteiger partial charge in [0.2, 0.25) is 0 Å². The molecule has 3 aromatic carbocycles. The summed E-state index contributed by atoms with van der Waals surface area (Å²) in [6.07, 6.45) is 1.50. The number of aryl methyl sites for hydroxylation is 1. The van der Waals surface area contributed by atoms with Crippen molar-refractivity contribution < 1.29 is 12.8 Å². The molecule has 5 nitrogen and oxygen atoms in total. The number of halogens is 1. The Morgan fingerprint density at radius 2 is 1.69 bits per heavy atom. The van der Waals surface area contributed by atoms with Gasteiger partial charge in [0.05, 0.1) is 15.9 Å². The van der Waals surface area contributed by atoms with Crippen LogP contribution in [0.5, 0.6) is 0 Å². The molecule has 5 rings (SSSR count). The van der Waals surface area contributed by atoms with E-state index < -0.39 is 15.8 Å². The number of aromatic amines is 1. The number of nitrogens with one attached hydrogen (secondary N) is 1. The van der Waals surface area contributed by atoms with E-state index in [1.807, 2.05) is 31.2 Å². The molecule has 0 radical (unpaired) electrons. The molecule has 1 N–H and O–H groups in total. The van der Waals surface area contributed by atoms with Crippen molar-refractivity contribution in [3.63, 3.8) is 0 Å². The quantitative estimate of drug-likeness (QED) is 0.466. The van der Waals surface area contributed by atoms with E-state index in [0.29, 0.717) is 21.8 Å². The smallest absolute Gasteiger partial charge is 0.281 e. The molecule has 0 aliphatic carbocycles. The third kappa shape index (κ3) is 2.58. The van der Waals surface area contributed by atoms with Gasteiger partial charge >= 0.3 is 0 Å². The van der Waals surface area contributed by atoms with Crippen LogP contribution in [-0.4, -0.2) is 22.6 Å². The Balaban J connectivity index is 1.77. The first-order valence-electron chi connectivity index (χ1n) is 9.03. The molecule has 0 atom stereocenters. The second kappa shape index (κ2) is 6.28. The zero-order chi connectivity index (χ0) is 20.2. The van der Waals surface area contributed by atoms with Crippen LogP contribution in [0.4, 0.5) is 4.39 Å². The summed E-state index contributed by atoms with van der Waals surface area (Å²) in [5.41, 5.74) is 2.75. The zero-order valence-electron chi connectivity index (χ0n) is 15.4. The molecule has 0 unspecified atom stereocenters. The van der Waals surface area contributed by atoms with Crippen LogP contribution in [-0.2, 0) is 10.0 Å². The molecule has 0 bridgehead atoms. The van der Waals surface area contributed by atoms with Gasteiger partial charge in [0.25, 0.3) is 10.0 Å². The molecule has 0 aliphatic heterocycles. The molecule has 144 valence electrons. The van der Waals surface area contributed by atoms with E-state index in [1.54, 1.807) is 30.3 Å². The number of benzene rings is 3. The Kier molecular flexibility index (Phi) is 3.82. The van der Waals surface area contributed by atoms with E-state index in [9.17, 15) is 8.42 Å². The van der Waals surface area contributed by atoms with Crippen molar-refractivity contribution in [2.75, 3.05) is 0 Å². The van der Waals surface area contributed by atoms with Crippen molar-refractivity contribution in [2.45, 2.75) is 11.8 Å². The third-order valence-corrected chi connectivity index (χ3v) is 6.74. The lowest BCUT2D eigenvalue weighted by Crippen LogP contribution is -2.14. The van der Waals surface area contributed by atoms with Gasteiger partial charge in [0.1, 0.15) is 5.69 Å². The number of aromatic nitrogens is 3. The summed E-state index contributed by atoms with van der Waals surface area (Å²) in [6.45, 7) is 1.90. The fourth-order valence-electron chi connectivity index (χ4n) is 3.64. The molecule has 7 heteroatoms. The molecule has 29 heavy (non-hydrogen) atoms. The van der Waals surface area contributed by atoms with Crippen LogP contribution in [0, 0.1) is 12.7 Å². The van der Waals surface area contributed by atoms with Crippen LogP contribution >= 0.6 is 0 Å². The average molecular weight is 405 g/mol. The van der Waals surface area contributed by atoms with Crippen molar-refractivity contribution in [3.8, 4) is 11.3 Å². The number of H-pyrrole nitrogens is 1. The Morgan fingerprint density at radius 1 is 0.966 bits per heavy atom. The van der Waals surface area contributed by atoms with Crippen molar-refractivity contribution in [1.82, 2.24) is 14.2 Å². The van der Waals surface area contributed by atoms with E-state index in [-0.39, 0.29) is 10.6 Å². The molecule has 0 aliphatic rings. The first kappa shape index (κ1) is 17.6. The molecule has 0 fully saturated rings. The van der Waals surface area contributed by atoms with Crippen molar-refractivity contribution in [3.05, 3.63) is 84.3 Å². The molecule has 2 heterocycles. The van der Waals surface area contributed by atoms with E-state index in [0.717, 1.165) is 15.2 Å². The molecule has 5 aromatic rings. The molecule has 0 saturated heterocycles. The maximum Gasteiger partial charge on any atom is 0.281 e. The van der Waals surface area contributed by atoms with Gasteiger partial charge in [-0.1, -0.05) is 42.5 Å². The zero-order valence-corrected chi connectivity index (χ0v) is 16.2. The van der Waals surface area contributed by atoms with Gasteiger partial charge in [0.15, 0.2) is 5.82 Å². The van der Waals surface area contributed by atoms with Gasteiger partial charge in [-0.2, -0.15) is 12.5 Å². The normalized spacial score (nSPS) is 12.1. The van der Waals surface area contributed by atoms with Crippen LogP contribution in [0.3, 0.4) is 0 Å². The molecule has 0 saturated carbocycles. The topological polar surface area (TPSA) is 67.8 Å². The Morgan fingerprint density at radius 3 is 2.45 bits per heavy atom. The predicted molar refractivity (Wildman–Crippen MR) is 111 cm³/mol. The molecule has 0 spiro atoms. The highest BCUT2D eigenvalue weighted by atomic mass is 32.2. The minimum atomic E-state index is -3.84. The summed E-state index contributed by atoms with van der Waals surface area (Å²) in [6, 6.07) is 18.9. The second-order valence-electron chi connectivity index (χ2n) is 6.84. The number of hydrogen-bond acceptors (Lipinski definition) is 3. The highest BCUT2D eigenvalue weighted by Gasteiger charge is 2.23. The largest absolute Gasteiger partial charge is 0.291 e. The summed E-state index contributed by atoms with van der Waals surface area (Å²) >= 11 is 0. The van der Waals surface area contributed by atoms with Gasteiger partial charge < -0.3 is 0 Å². The molecule has 2 aromatic heterocycles. The van der Waals surface area contributed by atoms with Gasteiger partial charge in [-0.25, -0.2) is 9.37 Å². The summed E-state index contributed by atoms with van der Waals surface area (Å²) in [4.78, 5) is 4.62. The van der Waals surface area contributed by atoms with Crippen LogP contribution in [0.2, 0.25) is 0 Å². The molecular weight excluding hydrogens is 389 g/mol. The number of hydrogen-bond donors (Lipinski definition) is 1. The van der Waals surface area contributed by atoms with Crippen molar-refractivity contribution in [1.29, 1.82) is 0 Å². The Bertz CT molecular complexity index is 1490. The lowest BCUT2D eigenvalue weighted by molar-refractivity contribution is 0.582. The van der Waals surface area contributed by atoms with Gasteiger partial charge in [0, 0.05) is 22.5 Å². The highest BCUT2D eigenvalue weighted by molar-refractivity contribution is 7.90. The SMILES string of the molecule is Cc1ccccc1-c1nc2ccc3c(c[nH]n3S(=O)(=O)c3ccccc3)c2c1F. The second-order valence-corrected chi connectivity index (χ2v) is 8.62. The van der Waals surface area contributed by atoms with Gasteiger partial charge in [-0.3, -0.25) is 5.10 Å². The van der Waals surface area contributed by atoms with Crippen LogP contribution < -0.4 is 0 Å². The predicted octanol–water partition coefficient (Wildman–Crippen LogP) is 4.87. The van der Waals surface area contributed by atoms with Crippen LogP contribution in [0.25, 0.3) is 33.1 Å². The molecule has 0 amide bonds. The lowest BCUT2D eigenvalue weighted by atomic mass is 10.1. The van der Waals surface area contributed by atoms with E-state index in [4.69, 9.17) is 0 Å². The number of rotatable bonds is 3. The van der Waals surface area contributed by atoms with Gasteiger partial charge in [-0.15, -0.1) is 0 Å². The van der Waals surface area contributed by atoms with Crippen LogP contribution in [0.1, 0.15) is 5.56 Å². The standard InChI is InChI=1S/C22H16FN3O2S/c1-14-7-5-6-10-16(14)22-21(23)20-17-13-24-26(19(17)12-11-18(20)25-22)29(27,28)15-8-3-2-4-9-15/h2-13,24H,1H3. The maximum absolute atomic E-state index is 15.4. The summed E-state index contributed by atoms with van der Waals surface area (Å²) in [5, 5.41) is 3.54. The van der Waals surface area contributed by atoms with Gasteiger partial charge in [-0.05, 0) is 36.8 Å². The van der Waals surface area contributed by atoms with E-state index >= 15 is 4.39 Å². The first-order chi connectivity index (χ1) is 14.0. The van der Waals surface area contributed by atoms with E-state index in [2.05, 4.69) is 10.1 Å². The van der Waals surface area contributed by atoms with Crippen molar-refractivity contribution >= 4 is 31.8 Å². The first-order valence-corrected chi connectivity index (χ1v) is 10.5. The van der Waals surface area contributed by atoms with Crippen molar-refractivity contribution in [2.24, 2.45) is 0 Å². The fourth-order valence-corrected chi connectivity index (χ4v) is 4.96. The number of fused-ring (bicyclic) bond motifs is 3. The van der Waals surface area contributed by atoms with E-state index in [1.165, 1.54) is 18.3 Å². The van der Waals surface area contributed by atoms with Crippen LogP contribution in [0.15, 0.2) is 77.8 Å². The summed E-state index contributed by atoms with van der Waals surface area (Å²) in [5.74, 6) is -0.455. The fraction of sp³-hybridized carbons (Fsp3) is 0.0455.